The number of benzene rings is 1. The molecule has 0 fully saturated rings. The zero-order valence-electron chi connectivity index (χ0n) is 14.8. The van der Waals surface area contributed by atoms with Crippen LogP contribution < -0.4 is 15.5 Å². The molecule has 27 heavy (non-hydrogen) atoms. The highest BCUT2D eigenvalue weighted by Crippen LogP contribution is 2.31. The first-order chi connectivity index (χ1) is 13.1. The van der Waals surface area contributed by atoms with Crippen LogP contribution in [0, 0.1) is 0 Å². The zero-order chi connectivity index (χ0) is 19.2. The van der Waals surface area contributed by atoms with E-state index in [1.807, 2.05) is 31.2 Å². The monoisotopic (exact) mass is 368 g/mol. The molecule has 2 aromatic heterocycles. The minimum atomic E-state index is -0.733. The lowest BCUT2D eigenvalue weighted by Gasteiger charge is -2.20. The molecule has 0 bridgehead atoms. The second-order valence-electron chi connectivity index (χ2n) is 5.74. The third-order valence-corrected chi connectivity index (χ3v) is 3.88. The molecule has 3 N–H and O–H groups in total. The number of rotatable bonds is 7. The van der Waals surface area contributed by atoms with Crippen molar-refractivity contribution in [2.75, 3.05) is 11.9 Å². The van der Waals surface area contributed by atoms with Gasteiger partial charge in [-0.15, -0.1) is 0 Å². The van der Waals surface area contributed by atoms with Crippen LogP contribution in [0.15, 0.2) is 63.9 Å². The Balaban J connectivity index is 2.03. The third kappa shape index (κ3) is 4.27. The van der Waals surface area contributed by atoms with Gasteiger partial charge in [0.15, 0.2) is 5.76 Å². The van der Waals surface area contributed by atoms with Crippen LogP contribution in [0.1, 0.15) is 30.2 Å². The fraction of sp³-hybridized carbons (Fsp3) is 0.200. The van der Waals surface area contributed by atoms with Gasteiger partial charge < -0.3 is 24.7 Å². The molecule has 140 valence electrons. The van der Waals surface area contributed by atoms with E-state index in [1.54, 1.807) is 24.4 Å². The second kappa shape index (κ2) is 8.37. The van der Waals surface area contributed by atoms with Gasteiger partial charge in [0.1, 0.15) is 24.2 Å². The molecular weight excluding hydrogens is 348 g/mol. The van der Waals surface area contributed by atoms with Gasteiger partial charge in [0, 0.05) is 18.0 Å². The molecule has 0 spiro atoms. The first-order valence-corrected chi connectivity index (χ1v) is 8.49. The van der Waals surface area contributed by atoms with Gasteiger partial charge >= 0.3 is 0 Å². The van der Waals surface area contributed by atoms with Crippen molar-refractivity contribution in [3.63, 3.8) is 0 Å². The Hall–Kier alpha value is -3.32. The first-order valence-electron chi connectivity index (χ1n) is 8.49. The number of aromatic nitrogens is 1. The third-order valence-electron chi connectivity index (χ3n) is 3.88. The number of aliphatic hydroxyl groups is 1. The summed E-state index contributed by atoms with van der Waals surface area (Å²) in [4.78, 5) is 16.3. The lowest BCUT2D eigenvalue weighted by Crippen LogP contribution is -2.17. The van der Waals surface area contributed by atoms with Gasteiger partial charge in [-0.1, -0.05) is 6.07 Å². The van der Waals surface area contributed by atoms with Crippen LogP contribution in [0.5, 0.6) is 11.5 Å². The van der Waals surface area contributed by atoms with Gasteiger partial charge in [0.05, 0.1) is 12.3 Å². The highest BCUT2D eigenvalue weighted by molar-refractivity contribution is 5.50. The predicted octanol–water partition coefficient (Wildman–Crippen LogP) is 2.83. The van der Waals surface area contributed by atoms with E-state index in [4.69, 9.17) is 9.15 Å². The molecule has 0 saturated heterocycles. The van der Waals surface area contributed by atoms with Crippen molar-refractivity contribution in [2.45, 2.75) is 19.6 Å². The number of aliphatic hydroxyl groups excluding tert-OH is 1. The molecule has 0 aliphatic rings. The SMILES string of the molecule is CCOc1ccc(N[C@@H](c2ccccn2)c2oc(CO)cc(=O)c2O)cc1. The van der Waals surface area contributed by atoms with E-state index in [1.165, 1.54) is 0 Å². The van der Waals surface area contributed by atoms with Crippen LogP contribution in [-0.2, 0) is 6.61 Å². The van der Waals surface area contributed by atoms with E-state index in [2.05, 4.69) is 10.3 Å². The molecule has 7 nitrogen and oxygen atoms in total. The van der Waals surface area contributed by atoms with Crippen LogP contribution in [0.2, 0.25) is 0 Å². The second-order valence-corrected chi connectivity index (χ2v) is 5.74. The van der Waals surface area contributed by atoms with E-state index >= 15 is 0 Å². The molecule has 0 saturated carbocycles. The Morgan fingerprint density at radius 1 is 1.22 bits per heavy atom. The molecule has 0 aliphatic heterocycles. The molecule has 7 heteroatoms. The average molecular weight is 368 g/mol. The first kappa shape index (κ1) is 18.5. The van der Waals surface area contributed by atoms with Gasteiger partial charge in [-0.2, -0.15) is 0 Å². The maximum atomic E-state index is 12.0. The lowest BCUT2D eigenvalue weighted by atomic mass is 10.1. The van der Waals surface area contributed by atoms with E-state index in [0.717, 1.165) is 11.8 Å². The van der Waals surface area contributed by atoms with E-state index < -0.39 is 23.8 Å². The number of ether oxygens (including phenoxy) is 1. The fourth-order valence-corrected chi connectivity index (χ4v) is 2.63. The Labute approximate surface area is 155 Å². The summed E-state index contributed by atoms with van der Waals surface area (Å²) in [6.07, 6.45) is 1.60. The summed E-state index contributed by atoms with van der Waals surface area (Å²) < 4.78 is 11.0. The zero-order valence-corrected chi connectivity index (χ0v) is 14.8. The molecule has 0 radical (unpaired) electrons. The minimum absolute atomic E-state index is 0.0147. The Kier molecular flexibility index (Phi) is 5.73. The standard InChI is InChI=1S/C20H20N2O5/c1-2-26-14-8-6-13(7-9-14)22-18(16-5-3-4-10-21-16)20-19(25)17(24)11-15(12-23)27-20/h3-11,18,22-23,25H,2,12H2,1H3/t18-/m0/s1. The summed E-state index contributed by atoms with van der Waals surface area (Å²) in [7, 11) is 0. The Morgan fingerprint density at radius 2 is 2.00 bits per heavy atom. The van der Waals surface area contributed by atoms with E-state index in [9.17, 15) is 15.0 Å². The van der Waals surface area contributed by atoms with Gasteiger partial charge in [0.25, 0.3) is 0 Å². The predicted molar refractivity (Wildman–Crippen MR) is 99.9 cm³/mol. The number of nitrogens with zero attached hydrogens (tertiary/aromatic N) is 1. The number of aromatic hydroxyl groups is 1. The average Bonchev–Trinajstić information content (AvgIpc) is 2.70. The molecule has 3 rings (SSSR count). The van der Waals surface area contributed by atoms with Crippen LogP contribution in [0.25, 0.3) is 0 Å². The fourth-order valence-electron chi connectivity index (χ4n) is 2.63. The summed E-state index contributed by atoms with van der Waals surface area (Å²) >= 11 is 0. The largest absolute Gasteiger partial charge is 0.502 e. The summed E-state index contributed by atoms with van der Waals surface area (Å²) in [6.45, 7) is 2.01. The van der Waals surface area contributed by atoms with Crippen molar-refractivity contribution in [3.8, 4) is 11.5 Å². The Morgan fingerprint density at radius 3 is 2.63 bits per heavy atom. The van der Waals surface area contributed by atoms with E-state index in [0.29, 0.717) is 18.0 Å². The van der Waals surface area contributed by atoms with Crippen LogP contribution >= 0.6 is 0 Å². The van der Waals surface area contributed by atoms with Gasteiger partial charge in [-0.25, -0.2) is 0 Å². The number of anilines is 1. The van der Waals surface area contributed by atoms with Crippen LogP contribution in [-0.4, -0.2) is 21.8 Å². The molecule has 2 heterocycles. The number of hydrogen-bond acceptors (Lipinski definition) is 7. The number of hydrogen-bond donors (Lipinski definition) is 3. The van der Waals surface area contributed by atoms with Crippen molar-refractivity contribution < 1.29 is 19.4 Å². The maximum absolute atomic E-state index is 12.0. The minimum Gasteiger partial charge on any atom is -0.502 e. The van der Waals surface area contributed by atoms with Gasteiger partial charge in [-0.05, 0) is 43.3 Å². The topological polar surface area (TPSA) is 105 Å². The van der Waals surface area contributed by atoms with Crippen molar-refractivity contribution in [1.82, 2.24) is 4.98 Å². The normalized spacial score (nSPS) is 11.8. The Bertz CT molecular complexity index is 939. The smallest absolute Gasteiger partial charge is 0.227 e. The summed E-state index contributed by atoms with van der Waals surface area (Å²) in [5.41, 5.74) is 0.625. The van der Waals surface area contributed by atoms with Crippen molar-refractivity contribution in [1.29, 1.82) is 0 Å². The van der Waals surface area contributed by atoms with Crippen molar-refractivity contribution in [2.24, 2.45) is 0 Å². The maximum Gasteiger partial charge on any atom is 0.227 e. The molecule has 1 aromatic carbocycles. The highest BCUT2D eigenvalue weighted by atomic mass is 16.5. The van der Waals surface area contributed by atoms with E-state index in [-0.39, 0.29) is 11.5 Å². The molecular formula is C20H20N2O5. The van der Waals surface area contributed by atoms with Crippen LogP contribution in [0.4, 0.5) is 5.69 Å². The summed E-state index contributed by atoms with van der Waals surface area (Å²) in [5.74, 6) is 0.247. The lowest BCUT2D eigenvalue weighted by molar-refractivity contribution is 0.234. The molecule has 0 aliphatic carbocycles. The van der Waals surface area contributed by atoms with Crippen molar-refractivity contribution in [3.05, 3.63) is 82.2 Å². The summed E-state index contributed by atoms with van der Waals surface area (Å²) in [5, 5.41) is 22.8. The summed E-state index contributed by atoms with van der Waals surface area (Å²) in [6, 6.07) is 12.9. The molecule has 0 unspecified atom stereocenters. The van der Waals surface area contributed by atoms with Crippen molar-refractivity contribution >= 4 is 5.69 Å². The van der Waals surface area contributed by atoms with Crippen LogP contribution in [0.3, 0.4) is 0 Å². The highest BCUT2D eigenvalue weighted by Gasteiger charge is 2.24. The molecule has 1 atom stereocenters. The quantitative estimate of drug-likeness (QED) is 0.589. The molecule has 0 amide bonds. The van der Waals surface area contributed by atoms with Gasteiger partial charge in [-0.3, -0.25) is 9.78 Å². The molecule has 3 aromatic rings. The number of pyridine rings is 1. The van der Waals surface area contributed by atoms with Gasteiger partial charge in [0.2, 0.25) is 11.2 Å². The number of nitrogens with one attached hydrogen (secondary N) is 1.